The molecule has 40 heavy (non-hydrogen) atoms. The fourth-order valence-electron chi connectivity index (χ4n) is 3.10. The summed E-state index contributed by atoms with van der Waals surface area (Å²) in [6, 6.07) is 16.3. The van der Waals surface area contributed by atoms with Crippen molar-refractivity contribution in [2.75, 3.05) is 19.7 Å². The number of alkyl halides is 3. The zero-order valence-corrected chi connectivity index (χ0v) is 21.5. The molecule has 0 aliphatic rings. The molecule has 2 rings (SSSR count). The molecule has 0 spiro atoms. The minimum atomic E-state index is -5.08. The number of hydrogen-bond donors (Lipinski definition) is 5. The number of carboxylic acid groups (broad SMARTS) is 2. The molecule has 3 amide bonds. The topological polar surface area (TPSA) is 171 Å². The van der Waals surface area contributed by atoms with Crippen molar-refractivity contribution in [2.24, 2.45) is 0 Å². The highest BCUT2D eigenvalue weighted by Crippen LogP contribution is 2.23. The van der Waals surface area contributed by atoms with E-state index < -0.39 is 36.2 Å². The SMILES string of the molecule is CCOC(=O)NCCCC(=O)NCC(=O)NC(CC(=O)O)c1ccc(-c2ccccc2)cc1.O=C(O)C(F)(F)F. The second-order valence-electron chi connectivity index (χ2n) is 8.04. The quantitative estimate of drug-likeness (QED) is 0.243. The van der Waals surface area contributed by atoms with Crippen LogP contribution in [0.4, 0.5) is 18.0 Å². The predicted molar refractivity (Wildman–Crippen MR) is 136 cm³/mol. The molecule has 1 unspecified atom stereocenters. The first-order valence-corrected chi connectivity index (χ1v) is 12.0. The van der Waals surface area contributed by atoms with E-state index in [1.807, 2.05) is 42.5 Å². The van der Waals surface area contributed by atoms with E-state index in [0.717, 1.165) is 11.1 Å². The Morgan fingerprint density at radius 2 is 1.45 bits per heavy atom. The average Bonchev–Trinajstić information content (AvgIpc) is 2.90. The molecule has 0 bridgehead atoms. The zero-order chi connectivity index (χ0) is 30.1. The molecule has 0 fully saturated rings. The largest absolute Gasteiger partial charge is 0.490 e. The van der Waals surface area contributed by atoms with E-state index in [9.17, 15) is 37.5 Å². The average molecular weight is 570 g/mol. The van der Waals surface area contributed by atoms with E-state index in [-0.39, 0.29) is 38.4 Å². The molecule has 0 aromatic heterocycles. The molecule has 2 aromatic carbocycles. The monoisotopic (exact) mass is 569 g/mol. The lowest BCUT2D eigenvalue weighted by Gasteiger charge is -2.18. The number of rotatable bonds is 12. The van der Waals surface area contributed by atoms with Crippen molar-refractivity contribution in [2.45, 2.75) is 38.4 Å². The Morgan fingerprint density at radius 1 is 0.875 bits per heavy atom. The molecule has 0 saturated heterocycles. The molecule has 14 heteroatoms. The fraction of sp³-hybridized carbons (Fsp3) is 0.346. The summed E-state index contributed by atoms with van der Waals surface area (Å²) >= 11 is 0. The van der Waals surface area contributed by atoms with Crippen molar-refractivity contribution in [1.29, 1.82) is 0 Å². The van der Waals surface area contributed by atoms with Crippen LogP contribution in [0.15, 0.2) is 54.6 Å². The Bertz CT molecular complexity index is 1130. The summed E-state index contributed by atoms with van der Waals surface area (Å²) in [6.07, 6.45) is -5.40. The summed E-state index contributed by atoms with van der Waals surface area (Å²) in [7, 11) is 0. The van der Waals surface area contributed by atoms with Gasteiger partial charge in [0.15, 0.2) is 0 Å². The summed E-state index contributed by atoms with van der Waals surface area (Å²) in [5, 5.41) is 24.0. The van der Waals surface area contributed by atoms with Gasteiger partial charge in [-0.1, -0.05) is 54.6 Å². The Morgan fingerprint density at radius 3 is 1.98 bits per heavy atom. The molecule has 0 aliphatic heterocycles. The Labute approximate surface area is 227 Å². The number of hydrogen-bond acceptors (Lipinski definition) is 6. The van der Waals surface area contributed by atoms with Gasteiger partial charge in [-0.2, -0.15) is 13.2 Å². The van der Waals surface area contributed by atoms with Crippen molar-refractivity contribution in [3.05, 3.63) is 60.2 Å². The van der Waals surface area contributed by atoms with Crippen molar-refractivity contribution in [1.82, 2.24) is 16.0 Å². The maximum Gasteiger partial charge on any atom is 0.490 e. The zero-order valence-electron chi connectivity index (χ0n) is 21.5. The molecule has 5 N–H and O–H groups in total. The van der Waals surface area contributed by atoms with Crippen molar-refractivity contribution in [3.8, 4) is 11.1 Å². The second kappa shape index (κ2) is 17.1. The molecule has 218 valence electrons. The molecule has 2 aromatic rings. The lowest BCUT2D eigenvalue weighted by Crippen LogP contribution is -2.39. The van der Waals surface area contributed by atoms with Gasteiger partial charge in [0.05, 0.1) is 25.6 Å². The van der Waals surface area contributed by atoms with E-state index >= 15 is 0 Å². The maximum absolute atomic E-state index is 12.3. The highest BCUT2D eigenvalue weighted by molar-refractivity contribution is 5.85. The van der Waals surface area contributed by atoms with Gasteiger partial charge in [0.25, 0.3) is 0 Å². The van der Waals surface area contributed by atoms with Gasteiger partial charge < -0.3 is 30.9 Å². The van der Waals surface area contributed by atoms with Crippen LogP contribution in [0, 0.1) is 0 Å². The van der Waals surface area contributed by atoms with Gasteiger partial charge in [-0.25, -0.2) is 9.59 Å². The third-order valence-electron chi connectivity index (χ3n) is 4.95. The summed E-state index contributed by atoms with van der Waals surface area (Å²) in [4.78, 5) is 55.5. The number of carbonyl (C=O) groups is 5. The van der Waals surface area contributed by atoms with Crippen LogP contribution in [0.2, 0.25) is 0 Å². The number of carboxylic acids is 2. The normalized spacial score (nSPS) is 11.2. The molecule has 11 nitrogen and oxygen atoms in total. The third kappa shape index (κ3) is 13.8. The number of nitrogens with one attached hydrogen (secondary N) is 3. The van der Waals surface area contributed by atoms with Crippen LogP contribution in [-0.4, -0.2) is 65.9 Å². The molecule has 0 aliphatic carbocycles. The number of aliphatic carboxylic acids is 2. The first-order valence-electron chi connectivity index (χ1n) is 12.0. The van der Waals surface area contributed by atoms with Gasteiger partial charge in [-0.05, 0) is 30.0 Å². The van der Waals surface area contributed by atoms with E-state index in [0.29, 0.717) is 12.0 Å². The van der Waals surface area contributed by atoms with Crippen LogP contribution in [0.25, 0.3) is 11.1 Å². The van der Waals surface area contributed by atoms with Gasteiger partial charge in [0.1, 0.15) is 0 Å². The molecular formula is C26H30F3N3O8. The first-order chi connectivity index (χ1) is 18.8. The van der Waals surface area contributed by atoms with Gasteiger partial charge in [-0.3, -0.25) is 14.4 Å². The van der Waals surface area contributed by atoms with Gasteiger partial charge in [-0.15, -0.1) is 0 Å². The highest BCUT2D eigenvalue weighted by Gasteiger charge is 2.38. The summed E-state index contributed by atoms with van der Waals surface area (Å²) in [5.41, 5.74) is 2.66. The molecular weight excluding hydrogens is 539 g/mol. The Balaban J connectivity index is 0.00000101. The maximum atomic E-state index is 12.3. The van der Waals surface area contributed by atoms with Crippen molar-refractivity contribution < 1.29 is 52.1 Å². The minimum Gasteiger partial charge on any atom is -0.481 e. The van der Waals surface area contributed by atoms with Crippen molar-refractivity contribution >= 4 is 29.8 Å². The predicted octanol–water partition coefficient (Wildman–Crippen LogP) is 3.26. The van der Waals surface area contributed by atoms with Crippen LogP contribution in [0.3, 0.4) is 0 Å². The lowest BCUT2D eigenvalue weighted by molar-refractivity contribution is -0.192. The standard InChI is InChI=1S/C24H29N3O6.C2HF3O2/c1-2-33-24(32)25-14-6-9-21(28)26-16-22(29)27-20(15-23(30)31)19-12-10-18(11-13-19)17-7-4-3-5-8-17;3-2(4,5)1(6)7/h3-5,7-8,10-13,20H,2,6,9,14-16H2,1H3,(H,25,32)(H,26,28)(H,27,29)(H,30,31);(H,6,7). The number of ether oxygens (including phenoxy) is 1. The summed E-state index contributed by atoms with van der Waals surface area (Å²) < 4.78 is 36.4. The Kier molecular flexibility index (Phi) is 14.3. The summed E-state index contributed by atoms with van der Waals surface area (Å²) in [6.45, 7) is 1.96. The van der Waals surface area contributed by atoms with Crippen LogP contribution in [-0.2, 0) is 23.9 Å². The number of carbonyl (C=O) groups excluding carboxylic acids is 3. The number of halogens is 3. The molecule has 0 saturated carbocycles. The fourth-order valence-corrected chi connectivity index (χ4v) is 3.10. The molecule has 0 radical (unpaired) electrons. The van der Waals surface area contributed by atoms with Gasteiger partial charge in [0, 0.05) is 13.0 Å². The van der Waals surface area contributed by atoms with Gasteiger partial charge >= 0.3 is 24.2 Å². The number of benzene rings is 2. The van der Waals surface area contributed by atoms with E-state index in [1.165, 1.54) is 0 Å². The molecule has 1 atom stereocenters. The highest BCUT2D eigenvalue weighted by atomic mass is 19.4. The lowest BCUT2D eigenvalue weighted by atomic mass is 9.99. The number of alkyl carbamates (subject to hydrolysis) is 1. The second-order valence-corrected chi connectivity index (χ2v) is 8.04. The molecule has 0 heterocycles. The smallest absolute Gasteiger partial charge is 0.481 e. The van der Waals surface area contributed by atoms with E-state index in [2.05, 4.69) is 16.0 Å². The van der Waals surface area contributed by atoms with Crippen LogP contribution < -0.4 is 16.0 Å². The minimum absolute atomic E-state index is 0.124. The van der Waals surface area contributed by atoms with Crippen molar-refractivity contribution in [3.63, 3.8) is 0 Å². The van der Waals surface area contributed by atoms with Gasteiger partial charge in [0.2, 0.25) is 11.8 Å². The van der Waals surface area contributed by atoms with Crippen LogP contribution in [0.5, 0.6) is 0 Å². The van der Waals surface area contributed by atoms with E-state index in [4.69, 9.17) is 14.6 Å². The Hall–Kier alpha value is -4.62. The summed E-state index contributed by atoms with van der Waals surface area (Å²) in [5.74, 6) is -4.65. The number of amides is 3. The van der Waals surface area contributed by atoms with E-state index in [1.54, 1.807) is 19.1 Å². The van der Waals surface area contributed by atoms with Crippen LogP contribution in [0.1, 0.15) is 37.8 Å². The first kappa shape index (κ1) is 33.4. The third-order valence-corrected chi connectivity index (χ3v) is 4.95. The van der Waals surface area contributed by atoms with Crippen LogP contribution >= 0.6 is 0 Å².